The van der Waals surface area contributed by atoms with Crippen molar-refractivity contribution in [2.45, 2.75) is 13.1 Å². The number of nitrogens with one attached hydrogen (secondary N) is 1. The van der Waals surface area contributed by atoms with E-state index in [1.165, 1.54) is 6.07 Å². The Hall–Kier alpha value is -3.21. The van der Waals surface area contributed by atoms with Gasteiger partial charge in [-0.15, -0.1) is 0 Å². The largest absolute Gasteiger partial charge is 0.359 e. The lowest BCUT2D eigenvalue weighted by atomic mass is 10.1. The van der Waals surface area contributed by atoms with Crippen molar-refractivity contribution in [3.63, 3.8) is 0 Å². The Morgan fingerprint density at radius 1 is 1.04 bits per heavy atom. The van der Waals surface area contributed by atoms with Crippen LogP contribution in [0.25, 0.3) is 0 Å². The van der Waals surface area contributed by atoms with Crippen LogP contribution in [-0.4, -0.2) is 10.9 Å². The number of pyridine rings is 1. The number of carbonyl (C=O) groups excluding carboxylic acids is 1. The molecule has 1 aliphatic rings. The number of benzene rings is 2. The zero-order valence-electron chi connectivity index (χ0n) is 13.6. The Morgan fingerprint density at radius 3 is 2.56 bits per heavy atom. The minimum absolute atomic E-state index is 0.152. The van der Waals surface area contributed by atoms with Crippen LogP contribution in [-0.2, 0) is 0 Å². The number of rotatable bonds is 3. The summed E-state index contributed by atoms with van der Waals surface area (Å²) in [6.07, 6.45) is 1.20. The van der Waals surface area contributed by atoms with E-state index in [9.17, 15) is 9.18 Å². The van der Waals surface area contributed by atoms with Gasteiger partial charge in [0.15, 0.2) is 0 Å². The van der Waals surface area contributed by atoms with Gasteiger partial charge in [0.05, 0.1) is 5.69 Å². The molecule has 0 fully saturated rings. The molecule has 1 aromatic heterocycles. The predicted molar refractivity (Wildman–Crippen MR) is 95.0 cm³/mol. The molecule has 1 N–H and O–H groups in total. The summed E-state index contributed by atoms with van der Waals surface area (Å²) in [6, 6.07) is 17.5. The molecule has 0 saturated carbocycles. The summed E-state index contributed by atoms with van der Waals surface area (Å²) >= 11 is 0. The van der Waals surface area contributed by atoms with E-state index in [0.29, 0.717) is 17.1 Å². The molecule has 0 saturated heterocycles. The normalized spacial score (nSPS) is 16.0. The standard InChI is InChI=1S/C20H16FN3O/c1-13-10-11-18(22-12-13)24-19(23-17-9-5-4-8-16(17)21)14-6-2-3-7-15(14)20(24)25/h2-12,19,23H,1H3. The fraction of sp³-hybridized carbons (Fsp3) is 0.100. The van der Waals surface area contributed by atoms with E-state index in [-0.39, 0.29) is 11.7 Å². The van der Waals surface area contributed by atoms with Crippen LogP contribution in [0.2, 0.25) is 0 Å². The van der Waals surface area contributed by atoms with Crippen molar-refractivity contribution < 1.29 is 9.18 Å². The number of para-hydroxylation sites is 1. The molecule has 124 valence electrons. The highest BCUT2D eigenvalue weighted by Crippen LogP contribution is 2.37. The first-order valence-corrected chi connectivity index (χ1v) is 8.01. The number of anilines is 2. The van der Waals surface area contributed by atoms with Gasteiger partial charge in [-0.2, -0.15) is 0 Å². The molecule has 2 heterocycles. The summed E-state index contributed by atoms with van der Waals surface area (Å²) in [6.45, 7) is 1.94. The van der Waals surface area contributed by atoms with E-state index in [4.69, 9.17) is 0 Å². The third-order valence-corrected chi connectivity index (χ3v) is 4.27. The highest BCUT2D eigenvalue weighted by Gasteiger charge is 2.38. The average Bonchev–Trinajstić information content (AvgIpc) is 2.90. The van der Waals surface area contributed by atoms with E-state index in [1.807, 2.05) is 31.2 Å². The van der Waals surface area contributed by atoms with Gasteiger partial charge in [-0.25, -0.2) is 9.37 Å². The summed E-state index contributed by atoms with van der Waals surface area (Å²) in [5.74, 6) is 0.0116. The molecule has 1 amide bonds. The molecule has 1 atom stereocenters. The van der Waals surface area contributed by atoms with Gasteiger partial charge in [0.25, 0.3) is 5.91 Å². The Morgan fingerprint density at radius 2 is 1.80 bits per heavy atom. The van der Waals surface area contributed by atoms with Gasteiger partial charge >= 0.3 is 0 Å². The van der Waals surface area contributed by atoms with Crippen molar-refractivity contribution >= 4 is 17.4 Å². The lowest BCUT2D eigenvalue weighted by Crippen LogP contribution is -2.33. The Kier molecular flexibility index (Phi) is 3.69. The van der Waals surface area contributed by atoms with Crippen LogP contribution >= 0.6 is 0 Å². The van der Waals surface area contributed by atoms with E-state index < -0.39 is 6.17 Å². The Balaban J connectivity index is 1.80. The van der Waals surface area contributed by atoms with E-state index in [0.717, 1.165) is 11.1 Å². The smallest absolute Gasteiger partial charge is 0.261 e. The number of halogens is 1. The van der Waals surface area contributed by atoms with E-state index >= 15 is 0 Å². The number of aryl methyl sites for hydroxylation is 1. The average molecular weight is 333 g/mol. The number of amides is 1. The van der Waals surface area contributed by atoms with Gasteiger partial charge in [-0.1, -0.05) is 36.4 Å². The second-order valence-corrected chi connectivity index (χ2v) is 5.98. The molecule has 5 heteroatoms. The number of fused-ring (bicyclic) bond motifs is 1. The van der Waals surface area contributed by atoms with Crippen molar-refractivity contribution in [3.05, 3.63) is 89.4 Å². The second-order valence-electron chi connectivity index (χ2n) is 5.98. The first kappa shape index (κ1) is 15.3. The van der Waals surface area contributed by atoms with Crippen molar-refractivity contribution in [1.29, 1.82) is 0 Å². The lowest BCUT2D eigenvalue weighted by molar-refractivity contribution is 0.0992. The van der Waals surface area contributed by atoms with E-state index in [1.54, 1.807) is 41.4 Å². The summed E-state index contributed by atoms with van der Waals surface area (Å²) < 4.78 is 14.1. The Bertz CT molecular complexity index is 940. The number of hydrogen-bond acceptors (Lipinski definition) is 3. The number of nitrogens with zero attached hydrogens (tertiary/aromatic N) is 2. The fourth-order valence-electron chi connectivity index (χ4n) is 3.02. The van der Waals surface area contributed by atoms with Crippen molar-refractivity contribution in [3.8, 4) is 0 Å². The zero-order valence-corrected chi connectivity index (χ0v) is 13.6. The van der Waals surface area contributed by atoms with Gasteiger partial charge in [-0.05, 0) is 36.8 Å². The maximum absolute atomic E-state index is 14.1. The predicted octanol–water partition coefficient (Wildman–Crippen LogP) is 4.30. The maximum atomic E-state index is 14.1. The van der Waals surface area contributed by atoms with Crippen LogP contribution < -0.4 is 10.2 Å². The minimum atomic E-state index is -0.518. The van der Waals surface area contributed by atoms with Crippen molar-refractivity contribution in [2.24, 2.45) is 0 Å². The monoisotopic (exact) mass is 333 g/mol. The number of aromatic nitrogens is 1. The summed E-state index contributed by atoms with van der Waals surface area (Å²) in [5.41, 5.74) is 2.75. The van der Waals surface area contributed by atoms with Gasteiger partial charge in [0.2, 0.25) is 0 Å². The van der Waals surface area contributed by atoms with Gasteiger partial charge in [-0.3, -0.25) is 9.69 Å². The topological polar surface area (TPSA) is 45.2 Å². The zero-order chi connectivity index (χ0) is 17.4. The molecule has 0 radical (unpaired) electrons. The third-order valence-electron chi connectivity index (χ3n) is 4.27. The molecule has 3 aromatic rings. The van der Waals surface area contributed by atoms with Gasteiger partial charge < -0.3 is 5.32 Å². The molecule has 4 nitrogen and oxygen atoms in total. The van der Waals surface area contributed by atoms with Crippen LogP contribution in [0.4, 0.5) is 15.9 Å². The molecule has 4 rings (SSSR count). The van der Waals surface area contributed by atoms with Crippen LogP contribution in [0.1, 0.15) is 27.7 Å². The fourth-order valence-corrected chi connectivity index (χ4v) is 3.02. The molecular weight excluding hydrogens is 317 g/mol. The summed E-state index contributed by atoms with van der Waals surface area (Å²) in [5, 5.41) is 3.15. The van der Waals surface area contributed by atoms with Gasteiger partial charge in [0, 0.05) is 17.3 Å². The molecule has 0 aliphatic carbocycles. The number of hydrogen-bond donors (Lipinski definition) is 1. The molecule has 0 bridgehead atoms. The van der Waals surface area contributed by atoms with E-state index in [2.05, 4.69) is 10.3 Å². The summed E-state index contributed by atoms with van der Waals surface area (Å²) in [7, 11) is 0. The second kappa shape index (κ2) is 6.02. The SMILES string of the molecule is Cc1ccc(N2C(=O)c3ccccc3C2Nc2ccccc2F)nc1. The van der Waals surface area contributed by atoms with Gasteiger partial charge in [0.1, 0.15) is 17.8 Å². The van der Waals surface area contributed by atoms with Crippen LogP contribution in [0.3, 0.4) is 0 Å². The quantitative estimate of drug-likeness (QED) is 0.777. The lowest BCUT2D eigenvalue weighted by Gasteiger charge is -2.26. The molecule has 1 unspecified atom stereocenters. The molecule has 2 aromatic carbocycles. The molecule has 1 aliphatic heterocycles. The highest BCUT2D eigenvalue weighted by molar-refractivity contribution is 6.11. The number of carbonyl (C=O) groups is 1. The molecule has 0 spiro atoms. The third kappa shape index (κ3) is 2.63. The van der Waals surface area contributed by atoms with Crippen LogP contribution in [0.5, 0.6) is 0 Å². The maximum Gasteiger partial charge on any atom is 0.261 e. The summed E-state index contributed by atoms with van der Waals surface area (Å²) in [4.78, 5) is 18.9. The van der Waals surface area contributed by atoms with Crippen LogP contribution in [0.15, 0.2) is 66.9 Å². The van der Waals surface area contributed by atoms with Crippen molar-refractivity contribution in [2.75, 3.05) is 10.2 Å². The molecule has 25 heavy (non-hydrogen) atoms. The first-order chi connectivity index (χ1) is 12.1. The minimum Gasteiger partial charge on any atom is -0.359 e. The Labute approximate surface area is 144 Å². The van der Waals surface area contributed by atoms with Crippen LogP contribution in [0, 0.1) is 12.7 Å². The van der Waals surface area contributed by atoms with Crippen molar-refractivity contribution in [1.82, 2.24) is 4.98 Å². The molecular formula is C20H16FN3O. The first-order valence-electron chi connectivity index (χ1n) is 8.01. The highest BCUT2D eigenvalue weighted by atomic mass is 19.1.